The van der Waals surface area contributed by atoms with Crippen molar-refractivity contribution < 1.29 is 14.3 Å². The molecule has 1 N–H and O–H groups in total. The highest BCUT2D eigenvalue weighted by molar-refractivity contribution is 9.10. The van der Waals surface area contributed by atoms with Crippen LogP contribution >= 0.6 is 15.9 Å². The molecular formula is C14H11BrFNO2. The lowest BCUT2D eigenvalue weighted by Crippen LogP contribution is -2.06. The predicted molar refractivity (Wildman–Crippen MR) is 74.5 cm³/mol. The summed E-state index contributed by atoms with van der Waals surface area (Å²) in [6.45, 7) is 0. The number of methoxy groups -OCH3 is 1. The molecule has 2 rings (SSSR count). The van der Waals surface area contributed by atoms with Gasteiger partial charge in [0.25, 0.3) is 0 Å². The van der Waals surface area contributed by atoms with Crippen molar-refractivity contribution in [2.75, 3.05) is 7.11 Å². The standard InChI is InChI=1S/C14H11BrFNO2/c1-19-11-5-2-9(3-6-11)14(17-18)12-7-4-10(15)8-13(12)16/h2-8,18H,1H3. The fourth-order valence-electron chi connectivity index (χ4n) is 1.70. The Labute approximate surface area is 118 Å². The molecule has 0 aromatic heterocycles. The maximum atomic E-state index is 13.9. The number of ether oxygens (including phenoxy) is 1. The molecule has 3 nitrogen and oxygen atoms in total. The van der Waals surface area contributed by atoms with Gasteiger partial charge in [0, 0.05) is 15.6 Å². The summed E-state index contributed by atoms with van der Waals surface area (Å²) in [7, 11) is 1.56. The van der Waals surface area contributed by atoms with Gasteiger partial charge in [-0.15, -0.1) is 0 Å². The largest absolute Gasteiger partial charge is 0.497 e. The lowest BCUT2D eigenvalue weighted by molar-refractivity contribution is 0.319. The number of hydrogen-bond acceptors (Lipinski definition) is 3. The van der Waals surface area contributed by atoms with E-state index in [0.29, 0.717) is 15.8 Å². The molecule has 19 heavy (non-hydrogen) atoms. The first-order chi connectivity index (χ1) is 9.15. The Bertz CT molecular complexity index is 611. The number of rotatable bonds is 3. The van der Waals surface area contributed by atoms with E-state index >= 15 is 0 Å². The van der Waals surface area contributed by atoms with Crippen LogP contribution < -0.4 is 4.74 Å². The van der Waals surface area contributed by atoms with E-state index in [1.54, 1.807) is 43.5 Å². The average Bonchev–Trinajstić information content (AvgIpc) is 2.42. The second kappa shape index (κ2) is 5.84. The Kier molecular flexibility index (Phi) is 4.16. The van der Waals surface area contributed by atoms with Crippen molar-refractivity contribution in [3.8, 4) is 5.75 Å². The van der Waals surface area contributed by atoms with Gasteiger partial charge in [-0.1, -0.05) is 21.1 Å². The molecular weight excluding hydrogens is 313 g/mol. The van der Waals surface area contributed by atoms with Crippen molar-refractivity contribution in [2.24, 2.45) is 5.16 Å². The van der Waals surface area contributed by atoms with Crippen LogP contribution in [0, 0.1) is 5.82 Å². The van der Waals surface area contributed by atoms with E-state index < -0.39 is 5.82 Å². The molecule has 0 heterocycles. The molecule has 0 aliphatic rings. The maximum absolute atomic E-state index is 13.9. The third-order valence-electron chi connectivity index (χ3n) is 2.65. The van der Waals surface area contributed by atoms with Gasteiger partial charge >= 0.3 is 0 Å². The lowest BCUT2D eigenvalue weighted by Gasteiger charge is -2.07. The molecule has 98 valence electrons. The van der Waals surface area contributed by atoms with Crippen LogP contribution in [0.1, 0.15) is 11.1 Å². The third-order valence-corrected chi connectivity index (χ3v) is 3.14. The van der Waals surface area contributed by atoms with Crippen LogP contribution in [-0.4, -0.2) is 18.0 Å². The van der Waals surface area contributed by atoms with Gasteiger partial charge < -0.3 is 9.94 Å². The van der Waals surface area contributed by atoms with Crippen LogP contribution in [0.5, 0.6) is 5.75 Å². The van der Waals surface area contributed by atoms with Crippen molar-refractivity contribution in [2.45, 2.75) is 0 Å². The van der Waals surface area contributed by atoms with Gasteiger partial charge in [-0.25, -0.2) is 4.39 Å². The molecule has 0 spiro atoms. The Morgan fingerprint density at radius 2 is 1.89 bits per heavy atom. The molecule has 0 unspecified atom stereocenters. The van der Waals surface area contributed by atoms with Crippen molar-refractivity contribution in [1.29, 1.82) is 0 Å². The zero-order chi connectivity index (χ0) is 13.8. The minimum atomic E-state index is -0.460. The zero-order valence-electron chi connectivity index (χ0n) is 10.1. The molecule has 0 amide bonds. The van der Waals surface area contributed by atoms with Gasteiger partial charge in [0.1, 0.15) is 17.3 Å². The van der Waals surface area contributed by atoms with E-state index in [-0.39, 0.29) is 11.3 Å². The molecule has 0 saturated carbocycles. The lowest BCUT2D eigenvalue weighted by atomic mass is 10.0. The third kappa shape index (κ3) is 2.93. The molecule has 0 bridgehead atoms. The molecule has 0 radical (unpaired) electrons. The van der Waals surface area contributed by atoms with Crippen LogP contribution in [0.3, 0.4) is 0 Å². The van der Waals surface area contributed by atoms with Crippen LogP contribution in [0.2, 0.25) is 0 Å². The number of oxime groups is 1. The molecule has 0 aliphatic carbocycles. The van der Waals surface area contributed by atoms with E-state index in [0.717, 1.165) is 0 Å². The second-order valence-electron chi connectivity index (χ2n) is 3.80. The Morgan fingerprint density at radius 3 is 2.42 bits per heavy atom. The van der Waals surface area contributed by atoms with Crippen LogP contribution in [0.4, 0.5) is 4.39 Å². The first-order valence-electron chi connectivity index (χ1n) is 5.47. The minimum absolute atomic E-state index is 0.174. The smallest absolute Gasteiger partial charge is 0.133 e. The monoisotopic (exact) mass is 323 g/mol. The highest BCUT2D eigenvalue weighted by Crippen LogP contribution is 2.20. The van der Waals surface area contributed by atoms with Gasteiger partial charge in [-0.05, 0) is 42.5 Å². The van der Waals surface area contributed by atoms with Crippen molar-refractivity contribution in [3.63, 3.8) is 0 Å². The van der Waals surface area contributed by atoms with Gasteiger partial charge in [-0.3, -0.25) is 0 Å². The van der Waals surface area contributed by atoms with Crippen molar-refractivity contribution >= 4 is 21.6 Å². The Balaban J connectivity index is 2.44. The average molecular weight is 324 g/mol. The number of nitrogens with zero attached hydrogens (tertiary/aromatic N) is 1. The van der Waals surface area contributed by atoms with Crippen LogP contribution in [-0.2, 0) is 0 Å². The molecule has 2 aromatic rings. The molecule has 0 aliphatic heterocycles. The van der Waals surface area contributed by atoms with Gasteiger partial charge in [0.15, 0.2) is 0 Å². The summed E-state index contributed by atoms with van der Waals surface area (Å²) >= 11 is 3.18. The van der Waals surface area contributed by atoms with Crippen molar-refractivity contribution in [1.82, 2.24) is 0 Å². The summed E-state index contributed by atoms with van der Waals surface area (Å²) in [5, 5.41) is 12.3. The molecule has 5 heteroatoms. The number of benzene rings is 2. The molecule has 0 fully saturated rings. The van der Waals surface area contributed by atoms with Crippen LogP contribution in [0.25, 0.3) is 0 Å². The van der Waals surface area contributed by atoms with Crippen molar-refractivity contribution in [3.05, 3.63) is 63.9 Å². The van der Waals surface area contributed by atoms with Gasteiger partial charge in [0.05, 0.1) is 7.11 Å². The van der Waals surface area contributed by atoms with Gasteiger partial charge in [0.2, 0.25) is 0 Å². The first kappa shape index (κ1) is 13.5. The summed E-state index contributed by atoms with van der Waals surface area (Å²) in [4.78, 5) is 0. The topological polar surface area (TPSA) is 41.8 Å². The zero-order valence-corrected chi connectivity index (χ0v) is 11.7. The summed E-state index contributed by atoms with van der Waals surface area (Å²) in [5.41, 5.74) is 1.01. The van der Waals surface area contributed by atoms with E-state index in [4.69, 9.17) is 9.94 Å². The maximum Gasteiger partial charge on any atom is 0.133 e. The predicted octanol–water partition coefficient (Wildman–Crippen LogP) is 3.82. The first-order valence-corrected chi connectivity index (χ1v) is 6.27. The Morgan fingerprint density at radius 1 is 1.21 bits per heavy atom. The highest BCUT2D eigenvalue weighted by Gasteiger charge is 2.13. The van der Waals surface area contributed by atoms with E-state index in [2.05, 4.69) is 21.1 Å². The minimum Gasteiger partial charge on any atom is -0.497 e. The summed E-state index contributed by atoms with van der Waals surface area (Å²) in [6.07, 6.45) is 0. The fraction of sp³-hybridized carbons (Fsp3) is 0.0714. The van der Waals surface area contributed by atoms with Crippen LogP contribution in [0.15, 0.2) is 52.1 Å². The molecule has 2 aromatic carbocycles. The van der Waals surface area contributed by atoms with Gasteiger partial charge in [-0.2, -0.15) is 0 Å². The fourth-order valence-corrected chi connectivity index (χ4v) is 2.03. The summed E-state index contributed by atoms with van der Waals surface area (Å²) in [5.74, 6) is 0.218. The summed E-state index contributed by atoms with van der Waals surface area (Å²) in [6, 6.07) is 11.4. The second-order valence-corrected chi connectivity index (χ2v) is 4.72. The SMILES string of the molecule is COc1ccc(C(=NO)c2ccc(Br)cc2F)cc1. The molecule has 0 saturated heterocycles. The van der Waals surface area contributed by atoms with E-state index in [1.807, 2.05) is 0 Å². The number of hydrogen-bond donors (Lipinski definition) is 1. The Hall–Kier alpha value is -1.88. The molecule has 0 atom stereocenters. The number of halogens is 2. The van der Waals surface area contributed by atoms with E-state index in [1.165, 1.54) is 6.07 Å². The normalized spacial score (nSPS) is 11.4. The quantitative estimate of drug-likeness (QED) is 0.530. The highest BCUT2D eigenvalue weighted by atomic mass is 79.9. The summed E-state index contributed by atoms with van der Waals surface area (Å²) < 4.78 is 19.5. The van der Waals surface area contributed by atoms with E-state index in [9.17, 15) is 4.39 Å².